The molecule has 98 valence electrons. The molecule has 1 amide bonds. The number of carbonyl (C=O) groups is 1. The summed E-state index contributed by atoms with van der Waals surface area (Å²) < 4.78 is 5.04. The molecule has 1 aromatic heterocycles. The smallest absolute Gasteiger partial charge is 0.268 e. The zero-order valence-corrected chi connectivity index (χ0v) is 11.1. The number of ether oxygens (including phenoxy) is 1. The number of amides is 1. The maximum Gasteiger partial charge on any atom is 0.268 e. The van der Waals surface area contributed by atoms with Crippen LogP contribution < -0.4 is 15.8 Å². The molecular formula is C13H13N3O2S. The molecule has 6 heteroatoms. The first-order chi connectivity index (χ1) is 9.19. The molecule has 0 aliphatic rings. The molecule has 19 heavy (non-hydrogen) atoms. The van der Waals surface area contributed by atoms with E-state index in [2.05, 4.69) is 10.3 Å². The van der Waals surface area contributed by atoms with Gasteiger partial charge in [-0.2, -0.15) is 0 Å². The van der Waals surface area contributed by atoms with Crippen molar-refractivity contribution >= 4 is 28.9 Å². The minimum Gasteiger partial charge on any atom is -0.497 e. The number of thiophene rings is 1. The second-order valence-electron chi connectivity index (χ2n) is 3.63. The molecule has 3 N–H and O–H groups in total. The van der Waals surface area contributed by atoms with Crippen LogP contribution in [0.15, 0.2) is 46.8 Å². The minimum absolute atomic E-state index is 0.0589. The SMILES string of the molecule is COc1ccc(N=C(N)NC(=O)c2cccs2)cc1. The van der Waals surface area contributed by atoms with Crippen molar-refractivity contribution in [2.75, 3.05) is 7.11 Å². The highest BCUT2D eigenvalue weighted by molar-refractivity contribution is 7.12. The molecule has 0 fully saturated rings. The predicted octanol–water partition coefficient (Wildman–Crippen LogP) is 2.13. The predicted molar refractivity (Wildman–Crippen MR) is 76.1 cm³/mol. The van der Waals surface area contributed by atoms with Gasteiger partial charge in [-0.05, 0) is 35.7 Å². The number of methoxy groups -OCH3 is 1. The number of hydrogen-bond acceptors (Lipinski definition) is 4. The van der Waals surface area contributed by atoms with Gasteiger partial charge in [0.15, 0.2) is 0 Å². The zero-order valence-electron chi connectivity index (χ0n) is 10.3. The Hall–Kier alpha value is -2.34. The Labute approximate surface area is 114 Å². The fraction of sp³-hybridized carbons (Fsp3) is 0.0769. The molecule has 0 radical (unpaired) electrons. The molecule has 5 nitrogen and oxygen atoms in total. The number of benzene rings is 1. The Balaban J connectivity index is 2.04. The van der Waals surface area contributed by atoms with E-state index in [1.165, 1.54) is 11.3 Å². The van der Waals surface area contributed by atoms with Crippen LogP contribution in [0.3, 0.4) is 0 Å². The fourth-order valence-electron chi connectivity index (χ4n) is 1.41. The van der Waals surface area contributed by atoms with E-state index in [1.807, 2.05) is 5.38 Å². The number of guanidine groups is 1. The van der Waals surface area contributed by atoms with Crippen molar-refractivity contribution in [1.29, 1.82) is 0 Å². The lowest BCUT2D eigenvalue weighted by molar-refractivity contribution is 0.0980. The van der Waals surface area contributed by atoms with Crippen molar-refractivity contribution in [3.8, 4) is 5.75 Å². The molecule has 0 aliphatic carbocycles. The summed E-state index contributed by atoms with van der Waals surface area (Å²) in [6.07, 6.45) is 0. The van der Waals surface area contributed by atoms with Crippen LogP contribution in [0, 0.1) is 0 Å². The summed E-state index contributed by atoms with van der Waals surface area (Å²) >= 11 is 1.35. The van der Waals surface area contributed by atoms with Crippen LogP contribution in [0.5, 0.6) is 5.75 Å². The lowest BCUT2D eigenvalue weighted by Crippen LogP contribution is -2.36. The van der Waals surface area contributed by atoms with Gasteiger partial charge < -0.3 is 10.5 Å². The van der Waals surface area contributed by atoms with E-state index in [0.29, 0.717) is 10.6 Å². The number of aliphatic imine (C=N–C) groups is 1. The number of nitrogens with one attached hydrogen (secondary N) is 1. The van der Waals surface area contributed by atoms with E-state index in [1.54, 1.807) is 43.5 Å². The van der Waals surface area contributed by atoms with Crippen molar-refractivity contribution in [2.24, 2.45) is 10.7 Å². The zero-order chi connectivity index (χ0) is 13.7. The van der Waals surface area contributed by atoms with E-state index in [4.69, 9.17) is 10.5 Å². The average Bonchev–Trinajstić information content (AvgIpc) is 2.93. The van der Waals surface area contributed by atoms with Crippen LogP contribution >= 0.6 is 11.3 Å². The molecule has 2 rings (SSSR count). The van der Waals surface area contributed by atoms with Crippen LogP contribution in [0.1, 0.15) is 9.67 Å². The Bertz CT molecular complexity index is 576. The van der Waals surface area contributed by atoms with Crippen molar-refractivity contribution in [3.63, 3.8) is 0 Å². The Morgan fingerprint density at radius 1 is 1.32 bits per heavy atom. The van der Waals surface area contributed by atoms with Crippen LogP contribution in [0.2, 0.25) is 0 Å². The van der Waals surface area contributed by atoms with Gasteiger partial charge in [0.05, 0.1) is 17.7 Å². The molecule has 0 saturated carbocycles. The number of nitrogens with zero attached hydrogens (tertiary/aromatic N) is 1. The summed E-state index contributed by atoms with van der Waals surface area (Å²) in [7, 11) is 1.59. The summed E-state index contributed by atoms with van der Waals surface area (Å²) in [5.74, 6) is 0.536. The minimum atomic E-state index is -0.259. The number of carbonyl (C=O) groups excluding carboxylic acids is 1. The van der Waals surface area contributed by atoms with Gasteiger partial charge in [-0.25, -0.2) is 4.99 Å². The van der Waals surface area contributed by atoms with Gasteiger partial charge in [0.1, 0.15) is 5.75 Å². The third kappa shape index (κ3) is 3.56. The van der Waals surface area contributed by atoms with E-state index < -0.39 is 0 Å². The van der Waals surface area contributed by atoms with E-state index in [9.17, 15) is 4.79 Å². The Morgan fingerprint density at radius 2 is 2.05 bits per heavy atom. The normalized spacial score (nSPS) is 11.1. The van der Waals surface area contributed by atoms with Crippen LogP contribution in [-0.4, -0.2) is 19.0 Å². The number of nitrogens with two attached hydrogens (primary N) is 1. The van der Waals surface area contributed by atoms with Gasteiger partial charge in [-0.3, -0.25) is 10.1 Å². The van der Waals surface area contributed by atoms with Gasteiger partial charge in [0, 0.05) is 0 Å². The van der Waals surface area contributed by atoms with Crippen molar-refractivity contribution in [1.82, 2.24) is 5.32 Å². The lowest BCUT2D eigenvalue weighted by atomic mass is 10.3. The standard InChI is InChI=1S/C13H13N3O2S/c1-18-10-6-4-9(5-7-10)15-13(14)16-12(17)11-3-2-8-19-11/h2-8H,1H3,(H3,14,15,16,17). The van der Waals surface area contributed by atoms with Crippen LogP contribution in [0.25, 0.3) is 0 Å². The molecule has 2 aromatic rings. The first-order valence-electron chi connectivity index (χ1n) is 5.52. The molecule has 0 spiro atoms. The molecule has 0 bridgehead atoms. The second kappa shape index (κ2) is 6.01. The number of hydrogen-bond donors (Lipinski definition) is 2. The van der Waals surface area contributed by atoms with Crippen molar-refractivity contribution in [3.05, 3.63) is 46.7 Å². The van der Waals surface area contributed by atoms with Gasteiger partial charge in [0.2, 0.25) is 5.96 Å². The molecule has 1 aromatic carbocycles. The molecule has 0 atom stereocenters. The van der Waals surface area contributed by atoms with Gasteiger partial charge in [0.25, 0.3) is 5.91 Å². The Morgan fingerprint density at radius 3 is 2.63 bits per heavy atom. The van der Waals surface area contributed by atoms with Gasteiger partial charge in [-0.15, -0.1) is 11.3 Å². The summed E-state index contributed by atoms with van der Waals surface area (Å²) in [4.78, 5) is 16.4. The first-order valence-corrected chi connectivity index (χ1v) is 6.40. The van der Waals surface area contributed by atoms with Crippen LogP contribution in [0.4, 0.5) is 5.69 Å². The maximum absolute atomic E-state index is 11.7. The highest BCUT2D eigenvalue weighted by Gasteiger charge is 2.07. The third-order valence-corrected chi connectivity index (χ3v) is 3.18. The quantitative estimate of drug-likeness (QED) is 0.665. The van der Waals surface area contributed by atoms with Gasteiger partial charge >= 0.3 is 0 Å². The molecule has 0 unspecified atom stereocenters. The monoisotopic (exact) mass is 275 g/mol. The number of rotatable bonds is 3. The van der Waals surface area contributed by atoms with E-state index in [0.717, 1.165) is 5.75 Å². The summed E-state index contributed by atoms with van der Waals surface area (Å²) in [6, 6.07) is 10.6. The fourth-order valence-corrected chi connectivity index (χ4v) is 2.03. The van der Waals surface area contributed by atoms with Crippen molar-refractivity contribution in [2.45, 2.75) is 0 Å². The van der Waals surface area contributed by atoms with Crippen LogP contribution in [-0.2, 0) is 0 Å². The Kier molecular flexibility index (Phi) is 4.15. The topological polar surface area (TPSA) is 76.7 Å². The highest BCUT2D eigenvalue weighted by atomic mass is 32.1. The van der Waals surface area contributed by atoms with E-state index >= 15 is 0 Å². The second-order valence-corrected chi connectivity index (χ2v) is 4.57. The summed E-state index contributed by atoms with van der Waals surface area (Å²) in [6.45, 7) is 0. The molecule has 0 saturated heterocycles. The molecule has 0 aliphatic heterocycles. The largest absolute Gasteiger partial charge is 0.497 e. The first kappa shape index (κ1) is 13.1. The highest BCUT2D eigenvalue weighted by Crippen LogP contribution is 2.17. The molecular weight excluding hydrogens is 262 g/mol. The average molecular weight is 275 g/mol. The lowest BCUT2D eigenvalue weighted by Gasteiger charge is -2.03. The van der Waals surface area contributed by atoms with E-state index in [-0.39, 0.29) is 11.9 Å². The summed E-state index contributed by atoms with van der Waals surface area (Å²) in [5, 5.41) is 4.35. The van der Waals surface area contributed by atoms with Gasteiger partial charge in [-0.1, -0.05) is 6.07 Å². The van der Waals surface area contributed by atoms with Crippen molar-refractivity contribution < 1.29 is 9.53 Å². The third-order valence-electron chi connectivity index (χ3n) is 2.31. The molecule has 1 heterocycles. The maximum atomic E-state index is 11.7. The summed E-state index contributed by atoms with van der Waals surface area (Å²) in [5.41, 5.74) is 6.32.